The van der Waals surface area contributed by atoms with Crippen LogP contribution in [0.15, 0.2) is 23.7 Å². The van der Waals surface area contributed by atoms with Crippen molar-refractivity contribution in [3.63, 3.8) is 0 Å². The summed E-state index contributed by atoms with van der Waals surface area (Å²) in [6, 6.07) is 0. The Hall–Kier alpha value is -1.96. The Balaban J connectivity index is 2.05. The molecule has 2 rings (SSSR count). The third-order valence-electron chi connectivity index (χ3n) is 3.19. The number of nitrogens with zero attached hydrogens (tertiary/aromatic N) is 5. The van der Waals surface area contributed by atoms with Gasteiger partial charge in [0.2, 0.25) is 0 Å². The molecule has 1 N–H and O–H groups in total. The van der Waals surface area contributed by atoms with Crippen LogP contribution in [0.1, 0.15) is 20.3 Å². The van der Waals surface area contributed by atoms with Crippen molar-refractivity contribution in [3.8, 4) is 11.3 Å². The number of aliphatic carboxylic acids is 1. The second kappa shape index (κ2) is 6.21. The highest BCUT2D eigenvalue weighted by atomic mass is 32.2. The molecule has 0 radical (unpaired) electrons. The molecule has 0 spiro atoms. The van der Waals surface area contributed by atoms with E-state index in [1.165, 1.54) is 11.8 Å². The van der Waals surface area contributed by atoms with E-state index in [9.17, 15) is 4.79 Å². The molecule has 0 aliphatic heterocycles. The summed E-state index contributed by atoms with van der Waals surface area (Å²) in [7, 11) is 0. The second-order valence-electron chi connectivity index (χ2n) is 5.26. The number of carboxylic acids is 1. The Morgan fingerprint density at radius 1 is 1.38 bits per heavy atom. The topological polar surface area (TPSA) is 93.8 Å². The molecule has 0 amide bonds. The van der Waals surface area contributed by atoms with Crippen molar-refractivity contribution in [1.29, 1.82) is 0 Å². The summed E-state index contributed by atoms with van der Waals surface area (Å²) in [4.78, 5) is 19.4. The molecule has 0 atom stereocenters. The van der Waals surface area contributed by atoms with Crippen LogP contribution in [0.3, 0.4) is 0 Å². The summed E-state index contributed by atoms with van der Waals surface area (Å²) in [5.74, 6) is -0.816. The normalized spacial score (nSPS) is 11.6. The SMILES string of the molecule is CSc1ncc(-c2cn(CCC(C)(C)C(=O)O)nn2)cn1. The maximum Gasteiger partial charge on any atom is 0.309 e. The van der Waals surface area contributed by atoms with Crippen LogP contribution in [0.2, 0.25) is 0 Å². The third-order valence-corrected chi connectivity index (χ3v) is 3.77. The Kier molecular flexibility index (Phi) is 4.56. The fraction of sp³-hybridized carbons (Fsp3) is 0.462. The first kappa shape index (κ1) is 15.4. The Bertz CT molecular complexity index is 624. The molecule has 0 saturated carbocycles. The Labute approximate surface area is 126 Å². The van der Waals surface area contributed by atoms with E-state index in [-0.39, 0.29) is 0 Å². The molecule has 2 aromatic heterocycles. The lowest BCUT2D eigenvalue weighted by Crippen LogP contribution is -2.25. The van der Waals surface area contributed by atoms with E-state index < -0.39 is 11.4 Å². The first-order chi connectivity index (χ1) is 9.92. The molecule has 112 valence electrons. The van der Waals surface area contributed by atoms with Gasteiger partial charge in [-0.05, 0) is 26.5 Å². The zero-order valence-electron chi connectivity index (χ0n) is 12.1. The number of aromatic nitrogens is 5. The minimum absolute atomic E-state index is 0.479. The van der Waals surface area contributed by atoms with Crippen LogP contribution in [0, 0.1) is 5.41 Å². The molecule has 8 heteroatoms. The number of carboxylic acid groups (broad SMARTS) is 1. The molecule has 2 aromatic rings. The fourth-order valence-corrected chi connectivity index (χ4v) is 1.91. The zero-order chi connectivity index (χ0) is 15.5. The van der Waals surface area contributed by atoms with Gasteiger partial charge in [-0.2, -0.15) is 0 Å². The highest BCUT2D eigenvalue weighted by Gasteiger charge is 2.26. The van der Waals surface area contributed by atoms with Gasteiger partial charge in [-0.15, -0.1) is 5.10 Å². The Morgan fingerprint density at radius 2 is 2.05 bits per heavy atom. The minimum Gasteiger partial charge on any atom is -0.481 e. The third kappa shape index (κ3) is 3.78. The smallest absolute Gasteiger partial charge is 0.309 e. The molecular formula is C13H17N5O2S. The quantitative estimate of drug-likeness (QED) is 0.644. The second-order valence-corrected chi connectivity index (χ2v) is 6.04. The number of hydrogen-bond donors (Lipinski definition) is 1. The molecule has 0 saturated heterocycles. The van der Waals surface area contributed by atoms with Crippen molar-refractivity contribution >= 4 is 17.7 Å². The maximum atomic E-state index is 11.1. The van der Waals surface area contributed by atoms with Gasteiger partial charge in [0, 0.05) is 24.5 Å². The van der Waals surface area contributed by atoms with E-state index in [4.69, 9.17) is 5.11 Å². The number of hydrogen-bond acceptors (Lipinski definition) is 6. The summed E-state index contributed by atoms with van der Waals surface area (Å²) in [6.07, 6.45) is 7.57. The van der Waals surface area contributed by atoms with Crippen LogP contribution < -0.4 is 0 Å². The van der Waals surface area contributed by atoms with E-state index >= 15 is 0 Å². The van der Waals surface area contributed by atoms with Crippen molar-refractivity contribution < 1.29 is 9.90 Å². The van der Waals surface area contributed by atoms with Gasteiger partial charge in [0.25, 0.3) is 0 Å². The van der Waals surface area contributed by atoms with E-state index in [1.54, 1.807) is 37.1 Å². The number of thioether (sulfide) groups is 1. The predicted octanol–water partition coefficient (Wildman–Crippen LogP) is 1.96. The Morgan fingerprint density at radius 3 is 2.62 bits per heavy atom. The van der Waals surface area contributed by atoms with Crippen molar-refractivity contribution in [2.24, 2.45) is 5.41 Å². The lowest BCUT2D eigenvalue weighted by atomic mass is 9.90. The molecule has 0 fully saturated rings. The summed E-state index contributed by atoms with van der Waals surface area (Å²) in [5.41, 5.74) is 0.683. The van der Waals surface area contributed by atoms with Crippen LogP contribution >= 0.6 is 11.8 Å². The van der Waals surface area contributed by atoms with Gasteiger partial charge < -0.3 is 5.11 Å². The van der Waals surface area contributed by atoms with Crippen molar-refractivity contribution in [3.05, 3.63) is 18.6 Å². The van der Waals surface area contributed by atoms with Gasteiger partial charge in [0.1, 0.15) is 5.69 Å². The van der Waals surface area contributed by atoms with Crippen molar-refractivity contribution in [2.45, 2.75) is 32.0 Å². The lowest BCUT2D eigenvalue weighted by molar-refractivity contribution is -0.147. The van der Waals surface area contributed by atoms with Gasteiger partial charge in [0.15, 0.2) is 5.16 Å². The van der Waals surface area contributed by atoms with Gasteiger partial charge in [-0.3, -0.25) is 9.48 Å². The predicted molar refractivity (Wildman–Crippen MR) is 78.9 cm³/mol. The fourth-order valence-electron chi connectivity index (χ4n) is 1.59. The first-order valence-corrected chi connectivity index (χ1v) is 7.65. The molecule has 0 aromatic carbocycles. The van der Waals surface area contributed by atoms with E-state index in [0.717, 1.165) is 5.56 Å². The van der Waals surface area contributed by atoms with Crippen molar-refractivity contribution in [1.82, 2.24) is 25.0 Å². The average Bonchev–Trinajstić information content (AvgIpc) is 2.94. The summed E-state index contributed by atoms with van der Waals surface area (Å²) in [6.45, 7) is 3.89. The molecule has 7 nitrogen and oxygen atoms in total. The minimum atomic E-state index is -0.816. The van der Waals surface area contributed by atoms with Crippen LogP contribution in [0.4, 0.5) is 0 Å². The van der Waals surface area contributed by atoms with Gasteiger partial charge in [-0.25, -0.2) is 9.97 Å². The first-order valence-electron chi connectivity index (χ1n) is 6.42. The summed E-state index contributed by atoms with van der Waals surface area (Å²) < 4.78 is 1.64. The van der Waals surface area contributed by atoms with Gasteiger partial charge in [0.05, 0.1) is 11.6 Å². The van der Waals surface area contributed by atoms with E-state index in [0.29, 0.717) is 23.8 Å². The highest BCUT2D eigenvalue weighted by molar-refractivity contribution is 7.98. The van der Waals surface area contributed by atoms with Crippen LogP contribution in [-0.2, 0) is 11.3 Å². The molecular weight excluding hydrogens is 290 g/mol. The van der Waals surface area contributed by atoms with Gasteiger partial charge >= 0.3 is 5.97 Å². The maximum absolute atomic E-state index is 11.1. The van der Waals surface area contributed by atoms with Crippen LogP contribution in [0.5, 0.6) is 0 Å². The molecule has 0 aliphatic rings. The van der Waals surface area contributed by atoms with Crippen LogP contribution in [-0.4, -0.2) is 42.3 Å². The number of carbonyl (C=O) groups is 1. The van der Waals surface area contributed by atoms with E-state index in [1.807, 2.05) is 6.26 Å². The molecule has 0 bridgehead atoms. The molecule has 21 heavy (non-hydrogen) atoms. The van der Waals surface area contributed by atoms with Gasteiger partial charge in [-0.1, -0.05) is 17.0 Å². The standard InChI is InChI=1S/C13H17N5O2S/c1-13(2,11(19)20)4-5-18-8-10(16-17-18)9-6-14-12(21-3)15-7-9/h6-8H,4-5H2,1-3H3,(H,19,20). The lowest BCUT2D eigenvalue weighted by Gasteiger charge is -2.18. The number of rotatable bonds is 6. The summed E-state index contributed by atoms with van der Waals surface area (Å²) in [5, 5.41) is 17.9. The monoisotopic (exact) mass is 307 g/mol. The molecule has 0 unspecified atom stereocenters. The number of aryl methyl sites for hydroxylation is 1. The van der Waals surface area contributed by atoms with Crippen LogP contribution in [0.25, 0.3) is 11.3 Å². The van der Waals surface area contributed by atoms with Crippen molar-refractivity contribution in [2.75, 3.05) is 6.26 Å². The van der Waals surface area contributed by atoms with E-state index in [2.05, 4.69) is 20.3 Å². The molecule has 2 heterocycles. The molecule has 0 aliphatic carbocycles. The highest BCUT2D eigenvalue weighted by Crippen LogP contribution is 2.22. The average molecular weight is 307 g/mol. The summed E-state index contributed by atoms with van der Waals surface area (Å²) >= 11 is 1.47. The largest absolute Gasteiger partial charge is 0.481 e. The zero-order valence-corrected chi connectivity index (χ0v) is 13.0.